The van der Waals surface area contributed by atoms with Gasteiger partial charge in [-0.3, -0.25) is 5.01 Å². The molecule has 2 heterocycles. The summed E-state index contributed by atoms with van der Waals surface area (Å²) in [5, 5.41) is 5.90. The molecule has 1 aromatic carbocycles. The fourth-order valence-corrected chi connectivity index (χ4v) is 1.83. The van der Waals surface area contributed by atoms with Gasteiger partial charge >= 0.3 is 0 Å². The molecule has 0 atom stereocenters. The molecule has 4 N–H and O–H groups in total. The van der Waals surface area contributed by atoms with E-state index in [1.807, 2.05) is 19.2 Å². The van der Waals surface area contributed by atoms with E-state index in [4.69, 9.17) is 15.2 Å². The first kappa shape index (κ1) is 11.1. The van der Waals surface area contributed by atoms with Crippen LogP contribution in [-0.4, -0.2) is 37.2 Å². The summed E-state index contributed by atoms with van der Waals surface area (Å²) in [7, 11) is 1.86. The first-order valence-electron chi connectivity index (χ1n) is 5.70. The lowest BCUT2D eigenvalue weighted by Gasteiger charge is -2.27. The van der Waals surface area contributed by atoms with Crippen LogP contribution in [0.1, 0.15) is 5.56 Å². The van der Waals surface area contributed by atoms with Crippen molar-refractivity contribution in [3.05, 3.63) is 23.8 Å². The summed E-state index contributed by atoms with van der Waals surface area (Å²) >= 11 is 0. The highest BCUT2D eigenvalue weighted by Crippen LogP contribution is 2.23. The van der Waals surface area contributed by atoms with Gasteiger partial charge in [-0.25, -0.2) is 5.53 Å². The molecule has 1 aromatic rings. The van der Waals surface area contributed by atoms with Crippen molar-refractivity contribution in [3.8, 4) is 5.75 Å². The van der Waals surface area contributed by atoms with Crippen LogP contribution in [0.15, 0.2) is 23.3 Å². The van der Waals surface area contributed by atoms with Gasteiger partial charge in [0.05, 0.1) is 13.2 Å². The predicted octanol–water partition coefficient (Wildman–Crippen LogP) is -0.337. The highest BCUT2D eigenvalue weighted by Gasteiger charge is 2.21. The Kier molecular flexibility index (Phi) is 2.69. The number of amidine groups is 1. The molecular weight excluding hydrogens is 234 g/mol. The Balaban J connectivity index is 1.85. The summed E-state index contributed by atoms with van der Waals surface area (Å²) in [6.45, 7) is 1.27. The van der Waals surface area contributed by atoms with Gasteiger partial charge in [-0.1, -0.05) is 0 Å². The molecular formula is C11H15N5O2. The Labute approximate surface area is 104 Å². The lowest BCUT2D eigenvalue weighted by molar-refractivity contribution is -0.0796. The number of hydrazone groups is 1. The van der Waals surface area contributed by atoms with E-state index in [2.05, 4.69) is 16.2 Å². The lowest BCUT2D eigenvalue weighted by atomic mass is 10.1. The normalized spacial score (nSPS) is 19.2. The van der Waals surface area contributed by atoms with Crippen LogP contribution in [0, 0.1) is 0 Å². The van der Waals surface area contributed by atoms with Gasteiger partial charge in [0.15, 0.2) is 5.84 Å². The van der Waals surface area contributed by atoms with E-state index in [0.29, 0.717) is 18.9 Å². The maximum absolute atomic E-state index is 5.88. The number of anilines is 1. The third-order valence-corrected chi connectivity index (χ3v) is 2.79. The largest absolute Gasteiger partial charge is 0.485 e. The van der Waals surface area contributed by atoms with Crippen LogP contribution in [0.2, 0.25) is 0 Å². The minimum absolute atomic E-state index is 0.124. The van der Waals surface area contributed by atoms with Crippen molar-refractivity contribution in [3.63, 3.8) is 0 Å². The van der Waals surface area contributed by atoms with Crippen LogP contribution in [0.5, 0.6) is 5.75 Å². The fourth-order valence-electron chi connectivity index (χ4n) is 1.83. The molecule has 0 aliphatic carbocycles. The van der Waals surface area contributed by atoms with Crippen molar-refractivity contribution in [1.82, 2.24) is 16.1 Å². The topological polar surface area (TPSA) is 84.1 Å². The molecule has 18 heavy (non-hydrogen) atoms. The first-order valence-corrected chi connectivity index (χ1v) is 5.70. The van der Waals surface area contributed by atoms with Crippen LogP contribution in [0.25, 0.3) is 0 Å². The molecule has 3 rings (SSSR count). The number of hydrogen-bond donors (Lipinski definition) is 3. The van der Waals surface area contributed by atoms with E-state index in [9.17, 15) is 0 Å². The molecule has 1 saturated heterocycles. The van der Waals surface area contributed by atoms with E-state index in [0.717, 1.165) is 17.1 Å². The molecule has 7 nitrogen and oxygen atoms in total. The first-order chi connectivity index (χ1) is 8.72. The highest BCUT2D eigenvalue weighted by atomic mass is 16.6. The Morgan fingerprint density at radius 1 is 1.44 bits per heavy atom. The summed E-state index contributed by atoms with van der Waals surface area (Å²) in [6, 6.07) is 5.57. The van der Waals surface area contributed by atoms with Gasteiger partial charge in [0, 0.05) is 24.4 Å². The van der Waals surface area contributed by atoms with Gasteiger partial charge in [0.1, 0.15) is 11.9 Å². The maximum atomic E-state index is 5.88. The third-order valence-electron chi connectivity index (χ3n) is 2.79. The molecule has 0 amide bonds. The zero-order valence-corrected chi connectivity index (χ0v) is 10.0. The smallest absolute Gasteiger partial charge is 0.172 e. The summed E-state index contributed by atoms with van der Waals surface area (Å²) in [6.07, 6.45) is 0.124. The molecule has 0 radical (unpaired) electrons. The molecule has 2 aliphatic rings. The van der Waals surface area contributed by atoms with Crippen molar-refractivity contribution >= 4 is 11.5 Å². The number of benzene rings is 1. The molecule has 0 bridgehead atoms. The zero-order chi connectivity index (χ0) is 12.5. The summed E-state index contributed by atoms with van der Waals surface area (Å²) in [4.78, 5) is 0. The van der Waals surface area contributed by atoms with Crippen LogP contribution < -0.4 is 21.5 Å². The SMILES string of the molecule is CN1NNN=C1c1cc(N)cc(OC2COC2)c1. The monoisotopic (exact) mass is 249 g/mol. The summed E-state index contributed by atoms with van der Waals surface area (Å²) < 4.78 is 10.8. The minimum atomic E-state index is 0.124. The molecule has 0 unspecified atom stereocenters. The molecule has 2 aliphatic heterocycles. The maximum Gasteiger partial charge on any atom is 0.172 e. The average Bonchev–Trinajstić information content (AvgIpc) is 2.69. The number of nitrogens with one attached hydrogen (secondary N) is 2. The molecule has 96 valence electrons. The number of nitrogen functional groups attached to an aromatic ring is 1. The minimum Gasteiger partial charge on any atom is -0.485 e. The van der Waals surface area contributed by atoms with Crippen molar-refractivity contribution in [2.24, 2.45) is 5.10 Å². The highest BCUT2D eigenvalue weighted by molar-refractivity contribution is 5.99. The van der Waals surface area contributed by atoms with Gasteiger partial charge < -0.3 is 15.2 Å². The van der Waals surface area contributed by atoms with E-state index in [1.54, 1.807) is 11.1 Å². The Morgan fingerprint density at radius 3 is 2.89 bits per heavy atom. The lowest BCUT2D eigenvalue weighted by Crippen LogP contribution is -2.39. The average molecular weight is 249 g/mol. The third kappa shape index (κ3) is 2.05. The second kappa shape index (κ2) is 4.35. The quantitative estimate of drug-likeness (QED) is 0.636. The van der Waals surface area contributed by atoms with Gasteiger partial charge in [-0.15, -0.1) is 10.6 Å². The van der Waals surface area contributed by atoms with Crippen molar-refractivity contribution in [2.75, 3.05) is 26.0 Å². The number of ether oxygens (including phenoxy) is 2. The van der Waals surface area contributed by atoms with Crippen molar-refractivity contribution < 1.29 is 9.47 Å². The number of rotatable bonds is 3. The second-order valence-electron chi connectivity index (χ2n) is 4.29. The van der Waals surface area contributed by atoms with E-state index in [-0.39, 0.29) is 6.10 Å². The molecule has 1 fully saturated rings. The standard InChI is InChI=1S/C11H15N5O2/c1-16-11(13-14-15-16)7-2-8(12)4-9(3-7)18-10-5-17-6-10/h2-4,10,14-15H,5-6,12H2,1H3. The van der Waals surface area contributed by atoms with Crippen LogP contribution in [0.4, 0.5) is 5.69 Å². The Bertz CT molecular complexity index is 486. The number of nitrogens with two attached hydrogens (primary N) is 1. The van der Waals surface area contributed by atoms with Crippen LogP contribution >= 0.6 is 0 Å². The number of hydrogen-bond acceptors (Lipinski definition) is 7. The zero-order valence-electron chi connectivity index (χ0n) is 10.0. The van der Waals surface area contributed by atoms with E-state index >= 15 is 0 Å². The van der Waals surface area contributed by atoms with Crippen LogP contribution in [0.3, 0.4) is 0 Å². The van der Waals surface area contributed by atoms with Crippen molar-refractivity contribution in [1.29, 1.82) is 0 Å². The van der Waals surface area contributed by atoms with E-state index in [1.165, 1.54) is 0 Å². The van der Waals surface area contributed by atoms with Gasteiger partial charge in [-0.05, 0) is 12.1 Å². The second-order valence-corrected chi connectivity index (χ2v) is 4.29. The number of nitrogens with zero attached hydrogens (tertiary/aromatic N) is 2. The fraction of sp³-hybridized carbons (Fsp3) is 0.364. The Hall–Kier alpha value is -1.99. The van der Waals surface area contributed by atoms with Gasteiger partial charge in [-0.2, -0.15) is 0 Å². The Morgan fingerprint density at radius 2 is 2.28 bits per heavy atom. The molecule has 7 heteroatoms. The molecule has 0 saturated carbocycles. The van der Waals surface area contributed by atoms with Gasteiger partial charge in [0.2, 0.25) is 0 Å². The van der Waals surface area contributed by atoms with Crippen LogP contribution in [-0.2, 0) is 4.74 Å². The summed E-state index contributed by atoms with van der Waals surface area (Å²) in [5.41, 5.74) is 13.0. The predicted molar refractivity (Wildman–Crippen MR) is 66.7 cm³/mol. The number of hydrazine groups is 2. The summed E-state index contributed by atoms with van der Waals surface area (Å²) in [5.74, 6) is 1.50. The van der Waals surface area contributed by atoms with Crippen molar-refractivity contribution in [2.45, 2.75) is 6.10 Å². The van der Waals surface area contributed by atoms with Gasteiger partial charge in [0.25, 0.3) is 0 Å². The molecule has 0 aromatic heterocycles. The van der Waals surface area contributed by atoms with E-state index < -0.39 is 0 Å². The molecule has 0 spiro atoms.